The van der Waals surface area contributed by atoms with Gasteiger partial charge in [-0.05, 0) is 37.3 Å². The molecule has 3 aromatic rings. The molecule has 0 aliphatic carbocycles. The normalized spacial score (nSPS) is 11.8. The predicted molar refractivity (Wildman–Crippen MR) is 114 cm³/mol. The maximum atomic E-state index is 12.8. The van der Waals surface area contributed by atoms with Gasteiger partial charge in [0.25, 0.3) is 0 Å². The Labute approximate surface area is 187 Å². The molecule has 0 saturated heterocycles. The van der Waals surface area contributed by atoms with Crippen LogP contribution >= 0.6 is 11.6 Å². The first-order valence-electron chi connectivity index (χ1n) is 9.37. The summed E-state index contributed by atoms with van der Waals surface area (Å²) in [6.07, 6.45) is -1.56. The highest BCUT2D eigenvalue weighted by Gasteiger charge is 2.31. The molecule has 0 radical (unpaired) electrons. The number of rotatable bonds is 6. The Hall–Kier alpha value is -3.51. The zero-order valence-corrected chi connectivity index (χ0v) is 17.8. The van der Waals surface area contributed by atoms with Crippen LogP contribution in [0.1, 0.15) is 24.5 Å². The van der Waals surface area contributed by atoms with Crippen molar-refractivity contribution in [1.82, 2.24) is 15.0 Å². The molecule has 2 aromatic heterocycles. The zero-order valence-electron chi connectivity index (χ0n) is 17.1. The van der Waals surface area contributed by atoms with Gasteiger partial charge in [-0.1, -0.05) is 23.4 Å². The van der Waals surface area contributed by atoms with Crippen LogP contribution in [0, 0.1) is 11.8 Å². The van der Waals surface area contributed by atoms with Gasteiger partial charge in [-0.3, -0.25) is 0 Å². The van der Waals surface area contributed by atoms with E-state index in [1.54, 1.807) is 24.3 Å². The monoisotopic (exact) mass is 462 g/mol. The van der Waals surface area contributed by atoms with E-state index in [1.807, 2.05) is 6.92 Å². The maximum absolute atomic E-state index is 12.8. The summed E-state index contributed by atoms with van der Waals surface area (Å²) in [7, 11) is 1.48. The summed E-state index contributed by atoms with van der Waals surface area (Å²) in [6.45, 7) is 1.93. The van der Waals surface area contributed by atoms with Gasteiger partial charge in [-0.25, -0.2) is 15.0 Å². The smallest absolute Gasteiger partial charge is 0.416 e. The van der Waals surface area contributed by atoms with E-state index in [0.717, 1.165) is 23.9 Å². The van der Waals surface area contributed by atoms with E-state index in [9.17, 15) is 13.2 Å². The van der Waals surface area contributed by atoms with Crippen molar-refractivity contribution in [2.24, 2.45) is 0 Å². The molecule has 1 aromatic carbocycles. The SMILES string of the molecule is COc1c(Cl)ncnc1NC(C)CC#Cc1ccc(Oc2cc(C(F)(F)F)ccn2)cc1. The molecule has 166 valence electrons. The largest absolute Gasteiger partial charge is 0.490 e. The van der Waals surface area contributed by atoms with Gasteiger partial charge in [-0.2, -0.15) is 13.2 Å². The van der Waals surface area contributed by atoms with Crippen molar-refractivity contribution in [1.29, 1.82) is 0 Å². The van der Waals surface area contributed by atoms with Gasteiger partial charge in [0.1, 0.15) is 12.1 Å². The van der Waals surface area contributed by atoms with E-state index < -0.39 is 11.7 Å². The number of anilines is 1. The first-order chi connectivity index (χ1) is 15.3. The topological polar surface area (TPSA) is 69.2 Å². The van der Waals surface area contributed by atoms with Crippen LogP contribution in [0.25, 0.3) is 0 Å². The van der Waals surface area contributed by atoms with Crippen molar-refractivity contribution in [3.63, 3.8) is 0 Å². The second-order valence-electron chi connectivity index (χ2n) is 6.60. The Kier molecular flexibility index (Phi) is 7.38. The number of nitrogens with one attached hydrogen (secondary N) is 1. The van der Waals surface area contributed by atoms with Crippen LogP contribution in [-0.2, 0) is 6.18 Å². The molecule has 0 bridgehead atoms. The number of methoxy groups -OCH3 is 1. The third-order valence-corrected chi connectivity index (χ3v) is 4.40. The number of hydrogen-bond acceptors (Lipinski definition) is 6. The number of pyridine rings is 1. The molecule has 6 nitrogen and oxygen atoms in total. The standard InChI is InChI=1S/C22H18ClF3N4O2/c1-14(30-21-19(31-2)20(23)28-13-29-21)4-3-5-15-6-8-17(9-7-15)32-18-12-16(10-11-27-18)22(24,25)26/h6-14H,4H2,1-2H3,(H,28,29,30). The number of hydrogen-bond donors (Lipinski definition) is 1. The molecule has 0 fully saturated rings. The van der Waals surface area contributed by atoms with E-state index >= 15 is 0 Å². The molecular weight excluding hydrogens is 445 g/mol. The van der Waals surface area contributed by atoms with Crippen LogP contribution in [0.2, 0.25) is 5.15 Å². The first-order valence-corrected chi connectivity index (χ1v) is 9.75. The van der Waals surface area contributed by atoms with Crippen molar-refractivity contribution in [3.05, 3.63) is 65.2 Å². The molecule has 10 heteroatoms. The summed E-state index contributed by atoms with van der Waals surface area (Å²) in [6, 6.07) is 8.33. The summed E-state index contributed by atoms with van der Waals surface area (Å²) in [5.41, 5.74) is -0.0983. The van der Waals surface area contributed by atoms with E-state index in [2.05, 4.69) is 32.1 Å². The van der Waals surface area contributed by atoms with Gasteiger partial charge < -0.3 is 14.8 Å². The van der Waals surface area contributed by atoms with Gasteiger partial charge in [0.05, 0.1) is 12.7 Å². The number of aromatic nitrogens is 3. The van der Waals surface area contributed by atoms with Gasteiger partial charge in [0.15, 0.2) is 16.7 Å². The molecule has 0 spiro atoms. The van der Waals surface area contributed by atoms with Crippen molar-refractivity contribution in [3.8, 4) is 29.2 Å². The molecule has 32 heavy (non-hydrogen) atoms. The molecular formula is C22H18ClF3N4O2. The molecule has 3 rings (SSSR count). The number of ether oxygens (including phenoxy) is 2. The van der Waals surface area contributed by atoms with Crippen molar-refractivity contribution in [2.75, 3.05) is 12.4 Å². The van der Waals surface area contributed by atoms with E-state index in [4.69, 9.17) is 21.1 Å². The summed E-state index contributed by atoms with van der Waals surface area (Å²) in [4.78, 5) is 11.8. The van der Waals surface area contributed by atoms with Gasteiger partial charge in [0, 0.05) is 30.3 Å². The summed E-state index contributed by atoms with van der Waals surface area (Å²) in [5.74, 6) is 7.13. The van der Waals surface area contributed by atoms with E-state index in [0.29, 0.717) is 23.7 Å². The minimum Gasteiger partial charge on any atom is -0.490 e. The number of alkyl halides is 3. The molecule has 0 aliphatic heterocycles. The van der Waals surface area contributed by atoms with Crippen LogP contribution in [-0.4, -0.2) is 28.1 Å². The average molecular weight is 463 g/mol. The fourth-order valence-electron chi connectivity index (χ4n) is 2.60. The molecule has 1 N–H and O–H groups in total. The lowest BCUT2D eigenvalue weighted by atomic mass is 10.2. The van der Waals surface area contributed by atoms with Crippen molar-refractivity contribution in [2.45, 2.75) is 25.6 Å². The molecule has 2 heterocycles. The first kappa shape index (κ1) is 23.2. The van der Waals surface area contributed by atoms with Crippen molar-refractivity contribution >= 4 is 17.4 Å². The van der Waals surface area contributed by atoms with Crippen molar-refractivity contribution < 1.29 is 22.6 Å². The molecule has 1 unspecified atom stereocenters. The lowest BCUT2D eigenvalue weighted by Crippen LogP contribution is -2.16. The minimum absolute atomic E-state index is 0.0445. The molecule has 0 aliphatic rings. The highest BCUT2D eigenvalue weighted by Crippen LogP contribution is 2.32. The number of benzene rings is 1. The Morgan fingerprint density at radius 2 is 1.88 bits per heavy atom. The van der Waals surface area contributed by atoms with Gasteiger partial charge in [0.2, 0.25) is 5.88 Å². The summed E-state index contributed by atoms with van der Waals surface area (Å²) >= 11 is 5.98. The average Bonchev–Trinajstić information content (AvgIpc) is 2.75. The van der Waals surface area contributed by atoms with Crippen LogP contribution in [0.4, 0.5) is 19.0 Å². The summed E-state index contributed by atoms with van der Waals surface area (Å²) < 4.78 is 49.0. The molecule has 0 amide bonds. The highest BCUT2D eigenvalue weighted by molar-refractivity contribution is 6.31. The minimum atomic E-state index is -4.46. The predicted octanol–water partition coefficient (Wildman–Crippen LogP) is 5.59. The Balaban J connectivity index is 1.58. The second-order valence-corrected chi connectivity index (χ2v) is 6.96. The third-order valence-electron chi connectivity index (χ3n) is 4.13. The quantitative estimate of drug-likeness (QED) is 0.380. The lowest BCUT2D eigenvalue weighted by Gasteiger charge is -2.14. The van der Waals surface area contributed by atoms with Crippen LogP contribution in [0.15, 0.2) is 48.9 Å². The molecule has 1 atom stereocenters. The Bertz CT molecular complexity index is 1130. The van der Waals surface area contributed by atoms with E-state index in [-0.39, 0.29) is 17.1 Å². The fraction of sp³-hybridized carbons (Fsp3) is 0.227. The lowest BCUT2D eigenvalue weighted by molar-refractivity contribution is -0.137. The highest BCUT2D eigenvalue weighted by atomic mass is 35.5. The Morgan fingerprint density at radius 3 is 2.56 bits per heavy atom. The zero-order chi connectivity index (χ0) is 23.1. The maximum Gasteiger partial charge on any atom is 0.416 e. The van der Waals surface area contributed by atoms with Gasteiger partial charge >= 0.3 is 6.18 Å². The molecule has 0 saturated carbocycles. The number of halogens is 4. The third kappa shape index (κ3) is 6.25. The Morgan fingerprint density at radius 1 is 1.12 bits per heavy atom. The number of nitrogens with zero attached hydrogens (tertiary/aromatic N) is 3. The fourth-order valence-corrected chi connectivity index (χ4v) is 2.81. The van der Waals surface area contributed by atoms with Crippen LogP contribution in [0.5, 0.6) is 17.4 Å². The van der Waals surface area contributed by atoms with E-state index in [1.165, 1.54) is 13.4 Å². The van der Waals surface area contributed by atoms with Crippen LogP contribution < -0.4 is 14.8 Å². The van der Waals surface area contributed by atoms with Gasteiger partial charge in [-0.15, -0.1) is 0 Å². The second kappa shape index (κ2) is 10.2. The van der Waals surface area contributed by atoms with Crippen LogP contribution in [0.3, 0.4) is 0 Å². The summed E-state index contributed by atoms with van der Waals surface area (Å²) in [5, 5.41) is 3.38.